The molecule has 0 bridgehead atoms. The van der Waals surface area contributed by atoms with Crippen molar-refractivity contribution < 1.29 is 0 Å². The molecule has 2 heterocycles. The van der Waals surface area contributed by atoms with Crippen LogP contribution >= 0.6 is 0 Å². The van der Waals surface area contributed by atoms with Gasteiger partial charge in [-0.25, -0.2) is 0 Å². The van der Waals surface area contributed by atoms with Gasteiger partial charge in [0.1, 0.15) is 0 Å². The summed E-state index contributed by atoms with van der Waals surface area (Å²) in [6.07, 6.45) is 0. The summed E-state index contributed by atoms with van der Waals surface area (Å²) in [6, 6.07) is 74.7. The van der Waals surface area contributed by atoms with Crippen LogP contribution in [0, 0.1) is 0 Å². The van der Waals surface area contributed by atoms with Gasteiger partial charge in [-0.15, -0.1) is 0 Å². The highest BCUT2D eigenvalue weighted by Gasteiger charge is 2.42. The summed E-state index contributed by atoms with van der Waals surface area (Å²) in [5.41, 5.74) is 18.2. The first-order valence-corrected chi connectivity index (χ1v) is 19.1. The van der Waals surface area contributed by atoms with Crippen LogP contribution in [0.15, 0.2) is 206 Å². The quantitative estimate of drug-likeness (QED) is 0.160. The number of benzene rings is 8. The molecule has 0 saturated carbocycles. The van der Waals surface area contributed by atoms with Crippen molar-refractivity contribution in [3.8, 4) is 50.2 Å². The first kappa shape index (κ1) is 32.7. The second kappa shape index (κ2) is 13.2. The molecule has 0 aliphatic carbocycles. The topological polar surface area (TPSA) is 8.17 Å². The number of hydrogen-bond donors (Lipinski definition) is 0. The van der Waals surface area contributed by atoms with E-state index in [-0.39, 0.29) is 5.41 Å². The average molecular weight is 705 g/mol. The van der Waals surface area contributed by atoms with E-state index < -0.39 is 0 Å². The molecule has 0 radical (unpaired) electrons. The number of para-hydroxylation sites is 1. The Balaban J connectivity index is 1.07. The van der Waals surface area contributed by atoms with Crippen LogP contribution in [0.1, 0.15) is 25.1 Å². The molecule has 0 atom stereocenters. The van der Waals surface area contributed by atoms with Gasteiger partial charge in [-0.05, 0) is 93.0 Å². The summed E-state index contributed by atoms with van der Waals surface area (Å²) in [6.45, 7) is 4.79. The Bertz CT molecular complexity index is 2700. The van der Waals surface area contributed by atoms with Crippen molar-refractivity contribution in [1.29, 1.82) is 0 Å². The minimum atomic E-state index is -0.234. The standard InChI is InChI=1S/C53H40N2/c1-53(2)51-46(22-14-24-49(51)55-48-23-13-12-21-47(48)50(52(53)55)42-19-10-5-11-20-42)41-29-35-45(36-30-41)54(43-31-25-39(26-32-43)37-15-6-3-7-16-37)44-33-27-40(28-34-44)38-17-8-4-9-18-38/h3-36H,1-2H3. The van der Waals surface area contributed by atoms with E-state index in [1.165, 1.54) is 72.4 Å². The molecule has 8 aromatic carbocycles. The molecule has 0 spiro atoms. The van der Waals surface area contributed by atoms with Gasteiger partial charge in [-0.3, -0.25) is 0 Å². The Kier molecular flexibility index (Phi) is 7.85. The first-order valence-electron chi connectivity index (χ1n) is 19.1. The molecule has 0 unspecified atom stereocenters. The van der Waals surface area contributed by atoms with Crippen molar-refractivity contribution in [3.63, 3.8) is 0 Å². The third-order valence-corrected chi connectivity index (χ3v) is 11.3. The lowest BCUT2D eigenvalue weighted by Gasteiger charge is -2.27. The van der Waals surface area contributed by atoms with Crippen molar-refractivity contribution in [2.75, 3.05) is 4.90 Å². The molecule has 0 amide bonds. The van der Waals surface area contributed by atoms with Crippen LogP contribution in [-0.4, -0.2) is 4.57 Å². The van der Waals surface area contributed by atoms with Crippen molar-refractivity contribution >= 4 is 28.0 Å². The third-order valence-electron chi connectivity index (χ3n) is 11.3. The van der Waals surface area contributed by atoms with Gasteiger partial charge < -0.3 is 9.47 Å². The second-order valence-electron chi connectivity index (χ2n) is 15.0. The molecule has 0 N–H and O–H groups in total. The molecule has 262 valence electrons. The number of nitrogens with zero attached hydrogens (tertiary/aromatic N) is 2. The lowest BCUT2D eigenvalue weighted by molar-refractivity contribution is 0.648. The number of fused-ring (bicyclic) bond motifs is 5. The molecule has 2 heteroatoms. The molecular formula is C53H40N2. The van der Waals surface area contributed by atoms with E-state index in [1.54, 1.807) is 0 Å². The van der Waals surface area contributed by atoms with Crippen LogP contribution in [0.2, 0.25) is 0 Å². The number of anilines is 3. The van der Waals surface area contributed by atoms with Gasteiger partial charge in [-0.1, -0.05) is 172 Å². The number of hydrogen-bond acceptors (Lipinski definition) is 1. The summed E-state index contributed by atoms with van der Waals surface area (Å²) in [7, 11) is 0. The highest BCUT2D eigenvalue weighted by Crippen LogP contribution is 2.54. The van der Waals surface area contributed by atoms with Crippen LogP contribution in [0.25, 0.3) is 61.1 Å². The van der Waals surface area contributed by atoms with Gasteiger partial charge in [0, 0.05) is 39.1 Å². The molecule has 10 rings (SSSR count). The molecule has 0 fully saturated rings. The van der Waals surface area contributed by atoms with Crippen molar-refractivity contribution in [2.24, 2.45) is 0 Å². The first-order chi connectivity index (χ1) is 27.1. The summed E-state index contributed by atoms with van der Waals surface area (Å²) in [5, 5.41) is 1.30. The zero-order chi connectivity index (χ0) is 36.9. The van der Waals surface area contributed by atoms with Crippen LogP contribution in [0.3, 0.4) is 0 Å². The highest BCUT2D eigenvalue weighted by molar-refractivity contribution is 6.02. The summed E-state index contributed by atoms with van der Waals surface area (Å²) in [4.78, 5) is 2.36. The normalized spacial score (nSPS) is 12.7. The van der Waals surface area contributed by atoms with E-state index in [2.05, 4.69) is 230 Å². The fraction of sp³-hybridized carbons (Fsp3) is 0.0566. The summed E-state index contributed by atoms with van der Waals surface area (Å²) in [5.74, 6) is 0. The lowest BCUT2D eigenvalue weighted by Crippen LogP contribution is -2.17. The fourth-order valence-electron chi connectivity index (χ4n) is 8.83. The van der Waals surface area contributed by atoms with Crippen molar-refractivity contribution in [3.05, 3.63) is 218 Å². The van der Waals surface area contributed by atoms with Gasteiger partial charge in [0.25, 0.3) is 0 Å². The fourth-order valence-corrected chi connectivity index (χ4v) is 8.83. The highest BCUT2D eigenvalue weighted by atomic mass is 15.1. The molecule has 0 saturated heterocycles. The molecule has 2 nitrogen and oxygen atoms in total. The Morgan fingerprint density at radius 2 is 0.818 bits per heavy atom. The van der Waals surface area contributed by atoms with E-state index in [0.717, 1.165) is 17.1 Å². The maximum absolute atomic E-state index is 2.52. The largest absolute Gasteiger partial charge is 0.312 e. The Hall–Kier alpha value is -6.90. The minimum Gasteiger partial charge on any atom is -0.312 e. The van der Waals surface area contributed by atoms with Gasteiger partial charge >= 0.3 is 0 Å². The number of rotatable bonds is 7. The van der Waals surface area contributed by atoms with Gasteiger partial charge in [0.15, 0.2) is 0 Å². The van der Waals surface area contributed by atoms with Crippen molar-refractivity contribution in [2.45, 2.75) is 19.3 Å². The predicted molar refractivity (Wildman–Crippen MR) is 232 cm³/mol. The molecule has 1 aromatic heterocycles. The third kappa shape index (κ3) is 5.49. The van der Waals surface area contributed by atoms with E-state index in [9.17, 15) is 0 Å². The SMILES string of the molecule is CC1(C)c2c(-c3ccc(N(c4ccc(-c5ccccc5)cc4)c4ccc(-c5ccccc5)cc4)cc3)cccc2-n2c1c(-c1ccccc1)c1ccccc12. The maximum Gasteiger partial charge on any atom is 0.0538 e. The molecular weight excluding hydrogens is 665 g/mol. The maximum atomic E-state index is 2.52. The molecule has 9 aromatic rings. The van der Waals surface area contributed by atoms with E-state index in [1.807, 2.05) is 0 Å². The Morgan fingerprint density at radius 1 is 0.382 bits per heavy atom. The molecule has 1 aliphatic rings. The molecule has 55 heavy (non-hydrogen) atoms. The van der Waals surface area contributed by atoms with Gasteiger partial charge in [0.2, 0.25) is 0 Å². The van der Waals surface area contributed by atoms with Crippen molar-refractivity contribution in [1.82, 2.24) is 4.57 Å². The average Bonchev–Trinajstić information content (AvgIpc) is 3.73. The predicted octanol–water partition coefficient (Wildman–Crippen LogP) is 14.4. The Labute approximate surface area is 323 Å². The number of aromatic nitrogens is 1. The summed E-state index contributed by atoms with van der Waals surface area (Å²) >= 11 is 0. The summed E-state index contributed by atoms with van der Waals surface area (Å²) < 4.78 is 2.52. The van der Waals surface area contributed by atoms with Crippen LogP contribution in [0.5, 0.6) is 0 Å². The van der Waals surface area contributed by atoms with E-state index in [0.29, 0.717) is 0 Å². The van der Waals surface area contributed by atoms with E-state index in [4.69, 9.17) is 0 Å². The van der Waals surface area contributed by atoms with Gasteiger partial charge in [-0.2, -0.15) is 0 Å². The minimum absolute atomic E-state index is 0.234. The van der Waals surface area contributed by atoms with Crippen LogP contribution in [-0.2, 0) is 5.41 Å². The Morgan fingerprint density at radius 3 is 1.35 bits per heavy atom. The van der Waals surface area contributed by atoms with E-state index >= 15 is 0 Å². The second-order valence-corrected chi connectivity index (χ2v) is 15.0. The smallest absolute Gasteiger partial charge is 0.0538 e. The zero-order valence-corrected chi connectivity index (χ0v) is 31.0. The zero-order valence-electron chi connectivity index (χ0n) is 31.0. The lowest BCUT2D eigenvalue weighted by atomic mass is 9.77. The monoisotopic (exact) mass is 704 g/mol. The van der Waals surface area contributed by atoms with Crippen LogP contribution < -0.4 is 4.90 Å². The molecule has 1 aliphatic heterocycles. The van der Waals surface area contributed by atoms with Crippen LogP contribution in [0.4, 0.5) is 17.1 Å². The van der Waals surface area contributed by atoms with Gasteiger partial charge in [0.05, 0.1) is 11.2 Å².